The van der Waals surface area contributed by atoms with E-state index in [1.54, 1.807) is 26.5 Å². The average molecular weight is 194 g/mol. The van der Waals surface area contributed by atoms with E-state index in [0.29, 0.717) is 12.4 Å². The second-order valence-electron chi connectivity index (χ2n) is 2.82. The van der Waals surface area contributed by atoms with E-state index in [1.165, 1.54) is 4.90 Å². The number of aromatic nitrogens is 2. The molecule has 1 aromatic rings. The lowest BCUT2D eigenvalue weighted by molar-refractivity contribution is -0.107. The largest absolute Gasteiger partial charge is 0.370 e. The van der Waals surface area contributed by atoms with Gasteiger partial charge < -0.3 is 14.8 Å². The van der Waals surface area contributed by atoms with Crippen molar-refractivity contribution in [1.82, 2.24) is 9.55 Å². The lowest BCUT2D eigenvalue weighted by atomic mass is 10.5. The highest BCUT2D eigenvalue weighted by Crippen LogP contribution is 2.22. The fraction of sp³-hybridized carbons (Fsp3) is 0.333. The van der Waals surface area contributed by atoms with Gasteiger partial charge in [-0.3, -0.25) is 4.79 Å². The fourth-order valence-corrected chi connectivity index (χ4v) is 1.24. The Bertz CT molecular complexity index is 332. The number of anilines is 2. The van der Waals surface area contributed by atoms with Crippen LogP contribution in [-0.4, -0.2) is 30.1 Å². The maximum atomic E-state index is 10.7. The van der Waals surface area contributed by atoms with E-state index in [9.17, 15) is 4.79 Å². The van der Waals surface area contributed by atoms with Gasteiger partial charge in [-0.25, -0.2) is 4.98 Å². The molecule has 0 spiro atoms. The summed E-state index contributed by atoms with van der Waals surface area (Å²) in [4.78, 5) is 16.3. The van der Waals surface area contributed by atoms with Gasteiger partial charge in [0.05, 0.1) is 6.33 Å². The number of allylic oxidation sites excluding steroid dienone is 1. The van der Waals surface area contributed by atoms with Gasteiger partial charge in [0.2, 0.25) is 6.41 Å². The Kier molecular flexibility index (Phi) is 3.28. The highest BCUT2D eigenvalue weighted by molar-refractivity contribution is 5.78. The number of nitrogens with zero attached hydrogens (tertiary/aromatic N) is 3. The molecule has 1 rings (SSSR count). The predicted octanol–water partition coefficient (Wildman–Crippen LogP) is 0.703. The van der Waals surface area contributed by atoms with Crippen molar-refractivity contribution in [2.45, 2.75) is 6.54 Å². The highest BCUT2D eigenvalue weighted by Gasteiger charge is 2.12. The van der Waals surface area contributed by atoms with Gasteiger partial charge in [-0.15, -0.1) is 6.58 Å². The molecule has 0 atom stereocenters. The van der Waals surface area contributed by atoms with Crippen LogP contribution in [0.25, 0.3) is 0 Å². The van der Waals surface area contributed by atoms with Crippen LogP contribution in [0.1, 0.15) is 0 Å². The van der Waals surface area contributed by atoms with Gasteiger partial charge in [0.25, 0.3) is 0 Å². The standard InChI is InChI=1S/C9H14N4O/c1-4-5-13-6-11-8(10-2)9(13)12(3)7-14/h4,6-7,10H,1,5H2,2-3H3. The maximum Gasteiger partial charge on any atom is 0.215 e. The van der Waals surface area contributed by atoms with Crippen molar-refractivity contribution < 1.29 is 4.79 Å². The molecule has 0 fully saturated rings. The van der Waals surface area contributed by atoms with E-state index < -0.39 is 0 Å². The summed E-state index contributed by atoms with van der Waals surface area (Å²) in [6.45, 7) is 4.27. The summed E-state index contributed by atoms with van der Waals surface area (Å²) < 4.78 is 1.84. The molecule has 0 unspecified atom stereocenters. The van der Waals surface area contributed by atoms with Crippen LogP contribution in [0.5, 0.6) is 0 Å². The molecule has 0 aromatic carbocycles. The number of imidazole rings is 1. The van der Waals surface area contributed by atoms with Gasteiger partial charge in [0, 0.05) is 20.6 Å². The van der Waals surface area contributed by atoms with E-state index in [4.69, 9.17) is 0 Å². The molecule has 0 aliphatic rings. The Labute approximate surface area is 83.0 Å². The Hall–Kier alpha value is -1.78. The van der Waals surface area contributed by atoms with Crippen LogP contribution in [0.3, 0.4) is 0 Å². The summed E-state index contributed by atoms with van der Waals surface area (Å²) >= 11 is 0. The lowest BCUT2D eigenvalue weighted by Crippen LogP contribution is -2.18. The minimum Gasteiger partial charge on any atom is -0.370 e. The first kappa shape index (κ1) is 10.3. The molecule has 0 saturated heterocycles. The number of amides is 1. The summed E-state index contributed by atoms with van der Waals surface area (Å²) in [5, 5.41) is 2.92. The molecule has 0 aliphatic carbocycles. The van der Waals surface area contributed by atoms with E-state index in [0.717, 1.165) is 12.2 Å². The zero-order valence-corrected chi connectivity index (χ0v) is 8.40. The molecular weight excluding hydrogens is 180 g/mol. The van der Waals surface area contributed by atoms with Gasteiger partial charge in [-0.2, -0.15) is 0 Å². The second-order valence-corrected chi connectivity index (χ2v) is 2.82. The third-order valence-electron chi connectivity index (χ3n) is 1.86. The molecule has 0 aliphatic heterocycles. The first-order valence-electron chi connectivity index (χ1n) is 4.26. The van der Waals surface area contributed by atoms with Crippen LogP contribution in [0, 0.1) is 0 Å². The van der Waals surface area contributed by atoms with Gasteiger partial charge in [-0.05, 0) is 0 Å². The summed E-state index contributed by atoms with van der Waals surface area (Å²) in [5.74, 6) is 1.42. The van der Waals surface area contributed by atoms with Crippen molar-refractivity contribution in [2.24, 2.45) is 0 Å². The monoisotopic (exact) mass is 194 g/mol. The molecule has 76 valence electrons. The number of nitrogens with one attached hydrogen (secondary N) is 1. The van der Waals surface area contributed by atoms with Crippen LogP contribution in [0.15, 0.2) is 19.0 Å². The molecule has 0 bridgehead atoms. The molecule has 0 radical (unpaired) electrons. The molecule has 14 heavy (non-hydrogen) atoms. The van der Waals surface area contributed by atoms with E-state index >= 15 is 0 Å². The van der Waals surface area contributed by atoms with Gasteiger partial charge in [0.15, 0.2) is 11.6 Å². The summed E-state index contributed by atoms with van der Waals surface area (Å²) in [6.07, 6.45) is 4.17. The summed E-state index contributed by atoms with van der Waals surface area (Å²) in [6, 6.07) is 0. The Balaban J connectivity index is 3.10. The van der Waals surface area contributed by atoms with Crippen LogP contribution in [0.4, 0.5) is 11.6 Å². The smallest absolute Gasteiger partial charge is 0.215 e. The normalized spacial score (nSPS) is 9.57. The fourth-order valence-electron chi connectivity index (χ4n) is 1.24. The van der Waals surface area contributed by atoms with Crippen LogP contribution < -0.4 is 10.2 Å². The van der Waals surface area contributed by atoms with Crippen molar-refractivity contribution >= 4 is 18.0 Å². The average Bonchev–Trinajstić information content (AvgIpc) is 2.60. The van der Waals surface area contributed by atoms with Gasteiger partial charge in [0.1, 0.15) is 0 Å². The van der Waals surface area contributed by atoms with Crippen LogP contribution >= 0.6 is 0 Å². The third kappa shape index (κ3) is 1.76. The maximum absolute atomic E-state index is 10.7. The number of carbonyl (C=O) groups is 1. The molecule has 1 N–H and O–H groups in total. The SMILES string of the molecule is C=CCn1cnc(NC)c1N(C)C=O. The van der Waals surface area contributed by atoms with Crippen LogP contribution in [0.2, 0.25) is 0 Å². The minimum atomic E-state index is 0.627. The number of rotatable bonds is 5. The molecule has 1 amide bonds. The van der Waals surface area contributed by atoms with Gasteiger partial charge >= 0.3 is 0 Å². The molecule has 5 nitrogen and oxygen atoms in total. The van der Waals surface area contributed by atoms with Crippen molar-refractivity contribution in [3.63, 3.8) is 0 Å². The Morgan fingerprint density at radius 2 is 2.50 bits per heavy atom. The zero-order chi connectivity index (χ0) is 10.6. The summed E-state index contributed by atoms with van der Waals surface area (Å²) in [7, 11) is 3.45. The predicted molar refractivity (Wildman–Crippen MR) is 56.4 cm³/mol. The minimum absolute atomic E-state index is 0.627. The molecule has 0 saturated carbocycles. The van der Waals surface area contributed by atoms with E-state index in [2.05, 4.69) is 16.9 Å². The third-order valence-corrected chi connectivity index (χ3v) is 1.86. The van der Waals surface area contributed by atoms with Crippen LogP contribution in [-0.2, 0) is 11.3 Å². The first-order valence-corrected chi connectivity index (χ1v) is 4.26. The Morgan fingerprint density at radius 1 is 1.79 bits per heavy atom. The quantitative estimate of drug-likeness (QED) is 0.554. The van der Waals surface area contributed by atoms with Crippen molar-refractivity contribution in [2.75, 3.05) is 24.3 Å². The zero-order valence-electron chi connectivity index (χ0n) is 8.40. The van der Waals surface area contributed by atoms with Gasteiger partial charge in [-0.1, -0.05) is 6.08 Å². The molecule has 1 aromatic heterocycles. The molecular formula is C9H14N4O. The van der Waals surface area contributed by atoms with E-state index in [-0.39, 0.29) is 0 Å². The van der Waals surface area contributed by atoms with Crippen molar-refractivity contribution in [3.8, 4) is 0 Å². The second kappa shape index (κ2) is 4.45. The highest BCUT2D eigenvalue weighted by atomic mass is 16.1. The first-order chi connectivity index (χ1) is 6.74. The molecule has 1 heterocycles. The Morgan fingerprint density at radius 3 is 3.00 bits per heavy atom. The summed E-state index contributed by atoms with van der Waals surface area (Å²) in [5.41, 5.74) is 0. The topological polar surface area (TPSA) is 50.2 Å². The lowest BCUT2D eigenvalue weighted by Gasteiger charge is -2.14. The number of hydrogen-bond donors (Lipinski definition) is 1. The van der Waals surface area contributed by atoms with Crippen molar-refractivity contribution in [1.29, 1.82) is 0 Å². The number of carbonyl (C=O) groups excluding carboxylic acids is 1. The van der Waals surface area contributed by atoms with Crippen molar-refractivity contribution in [3.05, 3.63) is 19.0 Å². The molecule has 5 heteroatoms. The number of hydrogen-bond acceptors (Lipinski definition) is 3. The van der Waals surface area contributed by atoms with E-state index in [1.807, 2.05) is 4.57 Å².